The van der Waals surface area contributed by atoms with Gasteiger partial charge < -0.3 is 0 Å². The fourth-order valence-corrected chi connectivity index (χ4v) is 9.02. The molecule has 12 heteroatoms. The van der Waals surface area contributed by atoms with Gasteiger partial charge >= 0.3 is 183 Å². The van der Waals surface area contributed by atoms with E-state index >= 15 is 0 Å². The second-order valence-electron chi connectivity index (χ2n) is 12.0. The molecule has 0 spiro atoms. The summed E-state index contributed by atoms with van der Waals surface area (Å²) in [5, 5.41) is 64.1. The zero-order chi connectivity index (χ0) is 25.8. The van der Waals surface area contributed by atoms with E-state index in [1.54, 1.807) is 0 Å². The number of carbonyl (C=O) groups excluding carboxylic acids is 1. The number of hydrogen-bond acceptors (Lipinski definition) is 11. The van der Waals surface area contributed by atoms with Gasteiger partial charge in [0.1, 0.15) is 0 Å². The molecule has 4 aliphatic carbocycles. The Morgan fingerprint density at radius 1 is 1.06 bits per heavy atom. The molecule has 1 heterocycles. The van der Waals surface area contributed by atoms with Crippen molar-refractivity contribution in [2.24, 2.45) is 16.7 Å². The Morgan fingerprint density at radius 3 is 2.23 bits per heavy atom. The Kier molecular flexibility index (Phi) is 8.23. The van der Waals surface area contributed by atoms with Gasteiger partial charge in [0.05, 0.1) is 0 Å². The van der Waals surface area contributed by atoms with E-state index in [1.807, 2.05) is 0 Å². The van der Waals surface area contributed by atoms with Crippen LogP contribution in [0.3, 0.4) is 0 Å². The molecule has 8 N–H and O–H groups in total. The van der Waals surface area contributed by atoms with Crippen molar-refractivity contribution in [3.63, 3.8) is 0 Å². The van der Waals surface area contributed by atoms with E-state index in [4.69, 9.17) is 9.47 Å². The molecule has 5 rings (SSSR count). The van der Waals surface area contributed by atoms with Crippen molar-refractivity contribution in [1.29, 1.82) is 0 Å². The molecule has 0 radical (unpaired) electrons. The molecule has 0 aromatic heterocycles. The molecule has 0 aromatic carbocycles. The maximum atomic E-state index is 13.0. The van der Waals surface area contributed by atoms with E-state index in [1.165, 1.54) is 19.3 Å². The van der Waals surface area contributed by atoms with Crippen molar-refractivity contribution in [3.05, 3.63) is 0 Å². The summed E-state index contributed by atoms with van der Waals surface area (Å²) in [5.41, 5.74) is 0.270. The number of carbonyl (C=O) groups is 1. The van der Waals surface area contributed by atoms with Gasteiger partial charge in [-0.2, -0.15) is 0 Å². The van der Waals surface area contributed by atoms with E-state index in [9.17, 15) is 38.9 Å². The number of ether oxygens (including phenoxy) is 2. The summed E-state index contributed by atoms with van der Waals surface area (Å²) in [4.78, 5) is 13.0. The first kappa shape index (κ1) is 28.0. The van der Waals surface area contributed by atoms with Crippen molar-refractivity contribution in [3.8, 4) is 0 Å². The third-order valence-electron chi connectivity index (χ3n) is 8.37. The molecule has 35 heavy (non-hydrogen) atoms. The molecular formula is C23H39INO10-. The molecule has 5 aliphatic rings. The molecule has 1 aliphatic heterocycles. The van der Waals surface area contributed by atoms with E-state index in [0.29, 0.717) is 5.92 Å². The van der Waals surface area contributed by atoms with E-state index in [0.717, 1.165) is 19.3 Å². The Labute approximate surface area is 215 Å². The zero-order valence-electron chi connectivity index (χ0n) is 20.1. The maximum absolute atomic E-state index is 13.0. The van der Waals surface area contributed by atoms with Gasteiger partial charge in [-0.05, 0) is 19.3 Å². The zero-order valence-corrected chi connectivity index (χ0v) is 22.2. The van der Waals surface area contributed by atoms with Gasteiger partial charge in [0.15, 0.2) is 0 Å². The Balaban J connectivity index is 1.42. The molecule has 1 saturated heterocycles. The molecule has 0 amide bonds. The second kappa shape index (κ2) is 10.3. The van der Waals surface area contributed by atoms with Crippen LogP contribution in [0.2, 0.25) is 0 Å². The first-order chi connectivity index (χ1) is 16.3. The van der Waals surface area contributed by atoms with Crippen molar-refractivity contribution < 1.29 is 70.0 Å². The van der Waals surface area contributed by atoms with Crippen LogP contribution < -0.4 is 26.9 Å². The monoisotopic (exact) mass is 616 g/mol. The molecule has 204 valence electrons. The Bertz CT molecular complexity index is 767. The fraction of sp³-hybridized carbons (Fsp3) is 0.957. The number of halogens is 1. The summed E-state index contributed by atoms with van der Waals surface area (Å²) < 4.78 is 19.1. The SMILES string of the molecule is CC12CC3CC(C)(C1)CC(NCC(=O)[C@@H](O)C(O[C@@H]1O[C@H]([I-]O)[C@@H](O)[C@H](O)[C@H]1O)[C@H](O)CO)(C3)C2. The van der Waals surface area contributed by atoms with Crippen molar-refractivity contribution in [1.82, 2.24) is 5.32 Å². The first-order valence-electron chi connectivity index (χ1n) is 12.2. The van der Waals surface area contributed by atoms with Gasteiger partial charge in [-0.3, -0.25) is 0 Å². The third kappa shape index (κ3) is 5.58. The summed E-state index contributed by atoms with van der Waals surface area (Å²) in [5.74, 6) is -0.0411. The van der Waals surface area contributed by atoms with Crippen LogP contribution in [-0.2, 0) is 14.3 Å². The number of hydrogen-bond donors (Lipinski definition) is 8. The van der Waals surface area contributed by atoms with Gasteiger partial charge in [-0.25, -0.2) is 0 Å². The van der Waals surface area contributed by atoms with Crippen LogP contribution in [0.5, 0.6) is 0 Å². The van der Waals surface area contributed by atoms with Gasteiger partial charge in [-0.15, -0.1) is 0 Å². The van der Waals surface area contributed by atoms with Crippen LogP contribution in [0.1, 0.15) is 52.4 Å². The molecular weight excluding hydrogens is 577 g/mol. The average Bonchev–Trinajstić information content (AvgIpc) is 2.77. The standard InChI is InChI=1S/C23H39INO10/c1-21-3-11-4-22(2,8-21)10-23(5-11,9-21)25-6-12(27)14(29)18(13(28)7-26)34-20-17(32)15(30)16(31)19(24-33)35-20/h11,13-20,25-26,28-33H,3-10H2,1-2H3/q-1/t11?,13-,14-,15+,16+,17-,18?,19+,20-,21?,22?,23?/m1/s1. The summed E-state index contributed by atoms with van der Waals surface area (Å²) in [6, 6.07) is 0. The number of ketones is 1. The first-order valence-corrected chi connectivity index (χ1v) is 14.4. The predicted molar refractivity (Wildman–Crippen MR) is 116 cm³/mol. The predicted octanol–water partition coefficient (Wildman–Crippen LogP) is -5.25. The minimum atomic E-state index is -1.85. The van der Waals surface area contributed by atoms with Crippen molar-refractivity contribution in [2.45, 2.75) is 105 Å². The van der Waals surface area contributed by atoms with Crippen LogP contribution in [0.4, 0.5) is 0 Å². The molecule has 4 saturated carbocycles. The molecule has 4 bridgehead atoms. The summed E-state index contributed by atoms with van der Waals surface area (Å²) in [6.45, 7) is 3.63. The Morgan fingerprint density at radius 2 is 1.69 bits per heavy atom. The van der Waals surface area contributed by atoms with Crippen LogP contribution >= 0.6 is 0 Å². The number of Topliss-reactive ketones (excluding diaryl/α,β-unsaturated/α-hetero) is 1. The van der Waals surface area contributed by atoms with E-state index < -0.39 is 81.0 Å². The van der Waals surface area contributed by atoms with Crippen molar-refractivity contribution >= 4 is 5.78 Å². The summed E-state index contributed by atoms with van der Waals surface area (Å²) in [6.07, 6.45) is -5.38. The Hall–Kier alpha value is 0.0000000000000000139. The van der Waals surface area contributed by atoms with Gasteiger partial charge in [0, 0.05) is 0 Å². The molecule has 10 atom stereocenters. The molecule has 0 aromatic rings. The number of aliphatic hydroxyl groups excluding tert-OH is 6. The number of alkyl halides is 1. The van der Waals surface area contributed by atoms with Crippen LogP contribution in [-0.4, -0.2) is 106 Å². The number of nitrogens with one attached hydrogen (secondary N) is 1. The third-order valence-corrected chi connectivity index (χ3v) is 9.95. The van der Waals surface area contributed by atoms with Crippen molar-refractivity contribution in [2.75, 3.05) is 13.2 Å². The molecule has 11 nitrogen and oxygen atoms in total. The average molecular weight is 616 g/mol. The topological polar surface area (TPSA) is 189 Å². The minimum absolute atomic E-state index is 0.155. The van der Waals surface area contributed by atoms with Crippen LogP contribution in [0.25, 0.3) is 0 Å². The fourth-order valence-electron chi connectivity index (χ4n) is 7.84. The molecule has 3 unspecified atom stereocenters. The van der Waals surface area contributed by atoms with Crippen LogP contribution in [0, 0.1) is 16.7 Å². The number of aliphatic hydroxyl groups is 6. The van der Waals surface area contributed by atoms with Crippen LogP contribution in [0.15, 0.2) is 0 Å². The number of rotatable bonds is 10. The van der Waals surface area contributed by atoms with Gasteiger partial charge in [0.25, 0.3) is 0 Å². The normalized spacial score (nSPS) is 47.6. The van der Waals surface area contributed by atoms with E-state index in [2.05, 4.69) is 19.2 Å². The summed E-state index contributed by atoms with van der Waals surface area (Å²) >= 11 is -1.71. The van der Waals surface area contributed by atoms with Gasteiger partial charge in [-0.1, -0.05) is 13.8 Å². The van der Waals surface area contributed by atoms with Gasteiger partial charge in [0.2, 0.25) is 0 Å². The summed E-state index contributed by atoms with van der Waals surface area (Å²) in [7, 11) is 0. The van der Waals surface area contributed by atoms with E-state index in [-0.39, 0.29) is 22.9 Å². The molecule has 5 fully saturated rings. The second-order valence-corrected chi connectivity index (χ2v) is 13.7. The quantitative estimate of drug-likeness (QED) is 0.0866.